The normalized spacial score (nSPS) is 12.9. The van der Waals surface area contributed by atoms with Crippen molar-refractivity contribution in [3.05, 3.63) is 46.5 Å². The average Bonchev–Trinajstić information content (AvgIpc) is 2.71. The van der Waals surface area contributed by atoms with Gasteiger partial charge in [0, 0.05) is 10.6 Å². The number of esters is 1. The van der Waals surface area contributed by atoms with Crippen LogP contribution >= 0.6 is 11.6 Å². The lowest BCUT2D eigenvalue weighted by Gasteiger charge is -2.12. The van der Waals surface area contributed by atoms with Gasteiger partial charge in [0.2, 0.25) is 0 Å². The van der Waals surface area contributed by atoms with Gasteiger partial charge in [-0.05, 0) is 25.1 Å². The van der Waals surface area contributed by atoms with Gasteiger partial charge < -0.3 is 9.57 Å². The fourth-order valence-electron chi connectivity index (χ4n) is 1.77. The molecule has 0 saturated carbocycles. The van der Waals surface area contributed by atoms with Gasteiger partial charge in [-0.2, -0.15) is 0 Å². The molecule has 23 heavy (non-hydrogen) atoms. The number of rotatable bonds is 5. The molecule has 1 aliphatic heterocycles. The molecule has 0 radical (unpaired) electrons. The predicted molar refractivity (Wildman–Crippen MR) is 78.4 cm³/mol. The van der Waals surface area contributed by atoms with Crippen LogP contribution < -0.4 is 0 Å². The first-order chi connectivity index (χ1) is 10.8. The first-order valence-electron chi connectivity index (χ1n) is 6.53. The molecular weight excluding hydrogens is 326 g/mol. The summed E-state index contributed by atoms with van der Waals surface area (Å²) in [6.45, 7) is 4.60. The maximum atomic E-state index is 12.0. The quantitative estimate of drug-likeness (QED) is 0.463. The molecule has 0 bridgehead atoms. The predicted octanol–water partition coefficient (Wildman–Crippen LogP) is 1.90. The number of fused-ring (bicyclic) bond motifs is 1. The summed E-state index contributed by atoms with van der Waals surface area (Å²) in [5.74, 6) is -3.07. The molecule has 7 nitrogen and oxygen atoms in total. The van der Waals surface area contributed by atoms with Crippen molar-refractivity contribution >= 4 is 35.4 Å². The van der Waals surface area contributed by atoms with Crippen molar-refractivity contribution < 1.29 is 28.8 Å². The second kappa shape index (κ2) is 6.62. The standard InChI is InChI=1S/C15H12ClNO6/c1-8(2)15(21)22-6-5-12(18)23-17-13(19)10-4-3-9(16)7-11(10)14(17)20/h3-4,7H,1,5-6H2,2H3. The molecule has 2 rings (SSSR count). The van der Waals surface area contributed by atoms with Gasteiger partial charge in [-0.25, -0.2) is 9.59 Å². The number of ether oxygens (including phenoxy) is 1. The van der Waals surface area contributed by atoms with E-state index < -0.39 is 23.8 Å². The Labute approximate surface area is 136 Å². The number of benzene rings is 1. The average molecular weight is 338 g/mol. The minimum atomic E-state index is -0.889. The minimum Gasteiger partial charge on any atom is -0.462 e. The SMILES string of the molecule is C=C(C)C(=O)OCCC(=O)ON1C(=O)c2ccc(Cl)cc2C1=O. The van der Waals surface area contributed by atoms with Crippen molar-refractivity contribution in [3.63, 3.8) is 0 Å². The summed E-state index contributed by atoms with van der Waals surface area (Å²) in [5.41, 5.74) is 0.348. The van der Waals surface area contributed by atoms with Crippen LogP contribution in [0.5, 0.6) is 0 Å². The van der Waals surface area contributed by atoms with Crippen LogP contribution in [0, 0.1) is 0 Å². The maximum Gasteiger partial charge on any atom is 0.336 e. The zero-order valence-corrected chi connectivity index (χ0v) is 12.9. The first kappa shape index (κ1) is 16.7. The monoisotopic (exact) mass is 337 g/mol. The van der Waals surface area contributed by atoms with Gasteiger partial charge in [0.1, 0.15) is 6.61 Å². The van der Waals surface area contributed by atoms with E-state index in [1.165, 1.54) is 25.1 Å². The summed E-state index contributed by atoms with van der Waals surface area (Å²) >= 11 is 5.77. The van der Waals surface area contributed by atoms with E-state index in [0.717, 1.165) is 0 Å². The number of amides is 2. The van der Waals surface area contributed by atoms with Crippen molar-refractivity contribution in [2.24, 2.45) is 0 Å². The Morgan fingerprint density at radius 2 is 1.87 bits per heavy atom. The second-order valence-corrected chi connectivity index (χ2v) is 5.16. The van der Waals surface area contributed by atoms with E-state index in [-0.39, 0.29) is 34.8 Å². The van der Waals surface area contributed by atoms with Crippen LogP contribution in [0.4, 0.5) is 0 Å². The van der Waals surface area contributed by atoms with E-state index in [1.807, 2.05) is 0 Å². The lowest BCUT2D eigenvalue weighted by Crippen LogP contribution is -2.33. The van der Waals surface area contributed by atoms with E-state index in [0.29, 0.717) is 5.06 Å². The van der Waals surface area contributed by atoms with Crippen LogP contribution in [0.3, 0.4) is 0 Å². The maximum absolute atomic E-state index is 12.0. The summed E-state index contributed by atoms with van der Waals surface area (Å²) in [6, 6.07) is 4.15. The summed E-state index contributed by atoms with van der Waals surface area (Å²) in [7, 11) is 0. The van der Waals surface area contributed by atoms with Crippen LogP contribution in [0.2, 0.25) is 5.02 Å². The van der Waals surface area contributed by atoms with Gasteiger partial charge in [0.15, 0.2) is 0 Å². The van der Waals surface area contributed by atoms with Gasteiger partial charge in [0.05, 0.1) is 17.5 Å². The molecule has 0 spiro atoms. The zero-order chi connectivity index (χ0) is 17.1. The number of nitrogens with zero attached hydrogens (tertiary/aromatic N) is 1. The summed E-state index contributed by atoms with van der Waals surface area (Å²) in [6.07, 6.45) is -0.312. The van der Waals surface area contributed by atoms with Gasteiger partial charge in [-0.3, -0.25) is 9.59 Å². The summed E-state index contributed by atoms with van der Waals surface area (Å²) in [5, 5.41) is 0.647. The van der Waals surface area contributed by atoms with Gasteiger partial charge in [-0.15, -0.1) is 0 Å². The molecule has 1 aromatic carbocycles. The Morgan fingerprint density at radius 3 is 2.52 bits per heavy atom. The smallest absolute Gasteiger partial charge is 0.336 e. The van der Waals surface area contributed by atoms with E-state index >= 15 is 0 Å². The molecule has 1 heterocycles. The third-order valence-electron chi connectivity index (χ3n) is 2.89. The van der Waals surface area contributed by atoms with E-state index in [1.54, 1.807) is 0 Å². The molecule has 1 aliphatic rings. The van der Waals surface area contributed by atoms with Gasteiger partial charge >= 0.3 is 11.9 Å². The summed E-state index contributed by atoms with van der Waals surface area (Å²) in [4.78, 5) is 51.6. The molecule has 0 saturated heterocycles. The lowest BCUT2D eigenvalue weighted by atomic mass is 10.1. The second-order valence-electron chi connectivity index (χ2n) is 4.72. The molecular formula is C15H12ClNO6. The highest BCUT2D eigenvalue weighted by Gasteiger charge is 2.39. The minimum absolute atomic E-state index is 0.0593. The molecule has 0 aromatic heterocycles. The van der Waals surface area contributed by atoms with Crippen molar-refractivity contribution in [1.29, 1.82) is 0 Å². The van der Waals surface area contributed by atoms with Crippen LogP contribution in [0.1, 0.15) is 34.1 Å². The highest BCUT2D eigenvalue weighted by Crippen LogP contribution is 2.26. The molecule has 0 aliphatic carbocycles. The molecule has 1 aromatic rings. The van der Waals surface area contributed by atoms with Crippen LogP contribution in [0.15, 0.2) is 30.4 Å². The topological polar surface area (TPSA) is 90.0 Å². The number of hydroxylamine groups is 2. The fraction of sp³-hybridized carbons (Fsp3) is 0.200. The number of hydrogen-bond donors (Lipinski definition) is 0. The Bertz CT molecular complexity index is 727. The number of hydrogen-bond acceptors (Lipinski definition) is 6. The van der Waals surface area contributed by atoms with Gasteiger partial charge in [0.25, 0.3) is 11.8 Å². The van der Waals surface area contributed by atoms with Crippen molar-refractivity contribution in [3.8, 4) is 0 Å². The van der Waals surface area contributed by atoms with E-state index in [2.05, 4.69) is 6.58 Å². The lowest BCUT2D eigenvalue weighted by molar-refractivity contribution is -0.170. The summed E-state index contributed by atoms with van der Waals surface area (Å²) < 4.78 is 4.72. The third-order valence-corrected chi connectivity index (χ3v) is 3.13. The third kappa shape index (κ3) is 3.57. The Kier molecular flexibility index (Phi) is 4.80. The van der Waals surface area contributed by atoms with Crippen molar-refractivity contribution in [2.45, 2.75) is 13.3 Å². The van der Waals surface area contributed by atoms with E-state index in [4.69, 9.17) is 21.2 Å². The number of halogens is 1. The highest BCUT2D eigenvalue weighted by atomic mass is 35.5. The number of imide groups is 1. The molecule has 0 unspecified atom stereocenters. The van der Waals surface area contributed by atoms with Gasteiger partial charge in [-0.1, -0.05) is 23.2 Å². The Balaban J connectivity index is 1.95. The Morgan fingerprint density at radius 1 is 1.22 bits per heavy atom. The largest absolute Gasteiger partial charge is 0.462 e. The van der Waals surface area contributed by atoms with Crippen molar-refractivity contribution in [2.75, 3.05) is 6.61 Å². The highest BCUT2D eigenvalue weighted by molar-refractivity contribution is 6.32. The van der Waals surface area contributed by atoms with Crippen LogP contribution in [-0.4, -0.2) is 35.4 Å². The zero-order valence-electron chi connectivity index (χ0n) is 12.1. The fourth-order valence-corrected chi connectivity index (χ4v) is 1.94. The number of carbonyl (C=O) groups excluding carboxylic acids is 4. The van der Waals surface area contributed by atoms with Crippen LogP contribution in [-0.2, 0) is 19.2 Å². The van der Waals surface area contributed by atoms with E-state index in [9.17, 15) is 19.2 Å². The molecule has 0 N–H and O–H groups in total. The molecule has 120 valence electrons. The number of carbonyl (C=O) groups is 4. The molecule has 0 fully saturated rings. The molecule has 8 heteroatoms. The Hall–Kier alpha value is -2.67. The molecule has 0 atom stereocenters. The van der Waals surface area contributed by atoms with Crippen LogP contribution in [0.25, 0.3) is 0 Å². The first-order valence-corrected chi connectivity index (χ1v) is 6.91. The molecule has 2 amide bonds. The van der Waals surface area contributed by atoms with Crippen molar-refractivity contribution in [1.82, 2.24) is 5.06 Å².